The molecule has 1 aliphatic carbocycles. The van der Waals surface area contributed by atoms with Crippen molar-refractivity contribution in [3.05, 3.63) is 18.1 Å². The third-order valence-electron chi connectivity index (χ3n) is 3.27. The van der Waals surface area contributed by atoms with Gasteiger partial charge in [0.1, 0.15) is 6.10 Å². The van der Waals surface area contributed by atoms with E-state index in [2.05, 4.69) is 14.7 Å². The highest BCUT2D eigenvalue weighted by Gasteiger charge is 2.23. The number of carbonyl (C=O) groups excluding carboxylic acids is 1. The maximum Gasteiger partial charge on any atom is 0.376 e. The average Bonchev–Trinajstić information content (AvgIpc) is 2.64. The third kappa shape index (κ3) is 3.64. The molecule has 0 amide bonds. The maximum atomic E-state index is 11.3. The summed E-state index contributed by atoms with van der Waals surface area (Å²) in [5, 5.41) is 0. The van der Waals surface area contributed by atoms with Crippen LogP contribution in [0.4, 0.5) is 0 Å². The van der Waals surface area contributed by atoms with Gasteiger partial charge in [-0.15, -0.1) is 0 Å². The largest absolute Gasteiger partial charge is 0.473 e. The van der Waals surface area contributed by atoms with Crippen LogP contribution in [0.15, 0.2) is 12.3 Å². The van der Waals surface area contributed by atoms with Gasteiger partial charge in [0, 0.05) is 18.3 Å². The van der Waals surface area contributed by atoms with Crippen LogP contribution in [-0.2, 0) is 4.74 Å². The molecule has 1 aromatic rings. The number of carbonyl (C=O) groups is 1. The van der Waals surface area contributed by atoms with Crippen LogP contribution in [0.3, 0.4) is 0 Å². The van der Waals surface area contributed by atoms with E-state index in [-0.39, 0.29) is 18.0 Å². The predicted octanol–water partition coefficient (Wildman–Crippen LogP) is 1.30. The van der Waals surface area contributed by atoms with Crippen LogP contribution in [0.25, 0.3) is 0 Å². The molecule has 0 bridgehead atoms. The van der Waals surface area contributed by atoms with Crippen LogP contribution in [0.1, 0.15) is 42.7 Å². The number of hydrogen-bond donors (Lipinski definition) is 1. The highest BCUT2D eigenvalue weighted by Crippen LogP contribution is 2.21. The zero-order valence-corrected chi connectivity index (χ0v) is 11.0. The molecule has 2 unspecified atom stereocenters. The fourth-order valence-corrected chi connectivity index (χ4v) is 2.20. The highest BCUT2D eigenvalue weighted by molar-refractivity contribution is 5.84. The first-order valence-electron chi connectivity index (χ1n) is 6.54. The first-order valence-corrected chi connectivity index (χ1v) is 6.54. The zero-order chi connectivity index (χ0) is 13.7. The predicted molar refractivity (Wildman–Crippen MR) is 68.8 cm³/mol. The molecule has 0 spiro atoms. The number of aromatic nitrogens is 2. The van der Waals surface area contributed by atoms with Gasteiger partial charge in [0.2, 0.25) is 11.7 Å². The molecule has 1 heterocycles. The number of methoxy groups -OCH3 is 1. The van der Waals surface area contributed by atoms with Crippen LogP contribution in [0.2, 0.25) is 0 Å². The van der Waals surface area contributed by atoms with Crippen molar-refractivity contribution in [2.24, 2.45) is 5.73 Å². The van der Waals surface area contributed by atoms with E-state index in [0.29, 0.717) is 5.88 Å². The second-order valence-corrected chi connectivity index (χ2v) is 4.67. The van der Waals surface area contributed by atoms with E-state index in [1.165, 1.54) is 19.7 Å². The molecule has 0 aromatic carbocycles. The van der Waals surface area contributed by atoms with Crippen LogP contribution in [0, 0.1) is 0 Å². The fraction of sp³-hybridized carbons (Fsp3) is 0.615. The standard InChI is InChI=1S/C13H19N3O3/c1-18-13(17)12-15-8-7-11(16-12)19-10-6-4-2-3-5-9(10)14/h7-10H,2-6,14H2,1H3. The molecule has 104 valence electrons. The van der Waals surface area contributed by atoms with Crippen molar-refractivity contribution in [2.45, 2.75) is 44.2 Å². The monoisotopic (exact) mass is 265 g/mol. The van der Waals surface area contributed by atoms with Gasteiger partial charge in [-0.25, -0.2) is 9.78 Å². The summed E-state index contributed by atoms with van der Waals surface area (Å²) >= 11 is 0. The SMILES string of the molecule is COC(=O)c1nccc(OC2CCCCCC2N)n1. The summed E-state index contributed by atoms with van der Waals surface area (Å²) in [6.07, 6.45) is 6.73. The van der Waals surface area contributed by atoms with Crippen LogP contribution >= 0.6 is 0 Å². The molecule has 6 heteroatoms. The van der Waals surface area contributed by atoms with Gasteiger partial charge >= 0.3 is 5.97 Å². The minimum Gasteiger partial charge on any atom is -0.473 e. The highest BCUT2D eigenvalue weighted by atomic mass is 16.5. The summed E-state index contributed by atoms with van der Waals surface area (Å²) < 4.78 is 10.4. The van der Waals surface area contributed by atoms with Gasteiger partial charge in [0.15, 0.2) is 0 Å². The van der Waals surface area contributed by atoms with Crippen LogP contribution in [0.5, 0.6) is 5.88 Å². The Morgan fingerprint density at radius 2 is 2.16 bits per heavy atom. The molecule has 2 atom stereocenters. The van der Waals surface area contributed by atoms with E-state index < -0.39 is 5.97 Å². The summed E-state index contributed by atoms with van der Waals surface area (Å²) in [5.41, 5.74) is 6.09. The molecule has 2 N–H and O–H groups in total. The van der Waals surface area contributed by atoms with Gasteiger partial charge in [0.25, 0.3) is 0 Å². The Morgan fingerprint density at radius 3 is 2.95 bits per heavy atom. The van der Waals surface area contributed by atoms with Gasteiger partial charge < -0.3 is 15.2 Å². The molecular weight excluding hydrogens is 246 g/mol. The quantitative estimate of drug-likeness (QED) is 0.654. The van der Waals surface area contributed by atoms with Crippen molar-refractivity contribution in [3.8, 4) is 5.88 Å². The third-order valence-corrected chi connectivity index (χ3v) is 3.27. The van der Waals surface area contributed by atoms with Gasteiger partial charge in [-0.2, -0.15) is 4.98 Å². The lowest BCUT2D eigenvalue weighted by Crippen LogP contribution is -2.38. The van der Waals surface area contributed by atoms with Crippen molar-refractivity contribution in [2.75, 3.05) is 7.11 Å². The van der Waals surface area contributed by atoms with E-state index in [0.717, 1.165) is 25.7 Å². The van der Waals surface area contributed by atoms with Crippen molar-refractivity contribution >= 4 is 5.97 Å². The number of hydrogen-bond acceptors (Lipinski definition) is 6. The topological polar surface area (TPSA) is 87.3 Å². The van der Waals surface area contributed by atoms with Gasteiger partial charge in [-0.1, -0.05) is 12.8 Å². The Morgan fingerprint density at radius 1 is 1.37 bits per heavy atom. The molecule has 0 saturated heterocycles. The smallest absolute Gasteiger partial charge is 0.376 e. The second-order valence-electron chi connectivity index (χ2n) is 4.67. The molecular formula is C13H19N3O3. The molecule has 6 nitrogen and oxygen atoms in total. The Bertz CT molecular complexity index is 439. The van der Waals surface area contributed by atoms with Crippen LogP contribution in [-0.4, -0.2) is 35.2 Å². The average molecular weight is 265 g/mol. The summed E-state index contributed by atoms with van der Waals surface area (Å²) in [6.45, 7) is 0. The Kier molecular flexibility index (Phi) is 4.68. The van der Waals surface area contributed by atoms with Crippen molar-refractivity contribution in [1.82, 2.24) is 9.97 Å². The first kappa shape index (κ1) is 13.7. The molecule has 19 heavy (non-hydrogen) atoms. The molecule has 0 aliphatic heterocycles. The molecule has 1 saturated carbocycles. The Labute approximate surface area is 112 Å². The lowest BCUT2D eigenvalue weighted by atomic mass is 10.1. The van der Waals surface area contributed by atoms with Crippen molar-refractivity contribution in [3.63, 3.8) is 0 Å². The van der Waals surface area contributed by atoms with Crippen molar-refractivity contribution in [1.29, 1.82) is 0 Å². The summed E-state index contributed by atoms with van der Waals surface area (Å²) in [6, 6.07) is 1.64. The molecule has 1 aliphatic rings. The molecule has 1 aromatic heterocycles. The lowest BCUT2D eigenvalue weighted by Gasteiger charge is -2.22. The molecule has 1 fully saturated rings. The van der Waals surface area contributed by atoms with E-state index in [1.54, 1.807) is 6.07 Å². The summed E-state index contributed by atoms with van der Waals surface area (Å²) in [5.74, 6) is -0.199. The summed E-state index contributed by atoms with van der Waals surface area (Å²) in [4.78, 5) is 19.2. The summed E-state index contributed by atoms with van der Waals surface area (Å²) in [7, 11) is 1.29. The second kappa shape index (κ2) is 6.47. The molecule has 2 rings (SSSR count). The first-order chi connectivity index (χ1) is 9.20. The number of ether oxygens (including phenoxy) is 2. The van der Waals surface area contributed by atoms with E-state index in [1.807, 2.05) is 0 Å². The number of esters is 1. The zero-order valence-electron chi connectivity index (χ0n) is 11.0. The number of rotatable bonds is 3. The number of nitrogens with two attached hydrogens (primary N) is 1. The minimum atomic E-state index is -0.574. The van der Waals surface area contributed by atoms with E-state index >= 15 is 0 Å². The Balaban J connectivity index is 2.07. The normalized spacial score (nSPS) is 23.5. The van der Waals surface area contributed by atoms with Crippen LogP contribution < -0.4 is 10.5 Å². The van der Waals surface area contributed by atoms with Gasteiger partial charge in [-0.05, 0) is 19.3 Å². The van der Waals surface area contributed by atoms with Gasteiger partial charge in [-0.3, -0.25) is 0 Å². The lowest BCUT2D eigenvalue weighted by molar-refractivity contribution is 0.0583. The fourth-order valence-electron chi connectivity index (χ4n) is 2.20. The molecule has 0 radical (unpaired) electrons. The Hall–Kier alpha value is -1.69. The van der Waals surface area contributed by atoms with Gasteiger partial charge in [0.05, 0.1) is 7.11 Å². The van der Waals surface area contributed by atoms with E-state index in [4.69, 9.17) is 10.5 Å². The van der Waals surface area contributed by atoms with Crippen molar-refractivity contribution < 1.29 is 14.3 Å². The maximum absolute atomic E-state index is 11.3. The number of nitrogens with zero attached hydrogens (tertiary/aromatic N) is 2. The van der Waals surface area contributed by atoms with E-state index in [9.17, 15) is 4.79 Å². The minimum absolute atomic E-state index is 0.00203.